The van der Waals surface area contributed by atoms with Crippen molar-refractivity contribution in [2.75, 3.05) is 7.05 Å². The van der Waals surface area contributed by atoms with Crippen LogP contribution in [-0.4, -0.2) is 7.05 Å². The Balaban J connectivity index is 2.28. The number of rotatable bonds is 4. The third kappa shape index (κ3) is 3.65. The van der Waals surface area contributed by atoms with Gasteiger partial charge in [0, 0.05) is 10.5 Å². The highest BCUT2D eigenvalue weighted by atomic mass is 79.9. The molecule has 0 aliphatic rings. The quantitative estimate of drug-likeness (QED) is 0.756. The van der Waals surface area contributed by atoms with Crippen molar-refractivity contribution in [3.05, 3.63) is 68.1 Å². The number of halogens is 4. The molecule has 1 unspecified atom stereocenters. The minimum Gasteiger partial charge on any atom is -0.313 e. The number of benzene rings is 2. The minimum absolute atomic E-state index is 0.0579. The Morgan fingerprint density at radius 1 is 1.05 bits per heavy atom. The van der Waals surface area contributed by atoms with Crippen LogP contribution in [0.1, 0.15) is 17.2 Å². The van der Waals surface area contributed by atoms with Gasteiger partial charge in [-0.3, -0.25) is 0 Å². The molecule has 0 fully saturated rings. The maximum absolute atomic E-state index is 13.4. The fourth-order valence-electron chi connectivity index (χ4n) is 2.05. The van der Waals surface area contributed by atoms with Crippen LogP contribution in [0.5, 0.6) is 0 Å². The van der Waals surface area contributed by atoms with Crippen LogP contribution in [0.3, 0.4) is 0 Å². The summed E-state index contributed by atoms with van der Waals surface area (Å²) in [4.78, 5) is 0. The lowest BCUT2D eigenvalue weighted by Gasteiger charge is -2.18. The molecule has 0 heterocycles. The van der Waals surface area contributed by atoms with Crippen LogP contribution in [0.4, 0.5) is 8.78 Å². The zero-order valence-electron chi connectivity index (χ0n) is 10.8. The second kappa shape index (κ2) is 6.78. The van der Waals surface area contributed by atoms with Crippen molar-refractivity contribution < 1.29 is 8.78 Å². The van der Waals surface area contributed by atoms with Gasteiger partial charge in [0.2, 0.25) is 0 Å². The van der Waals surface area contributed by atoms with Gasteiger partial charge in [-0.25, -0.2) is 8.78 Å². The molecule has 0 radical (unpaired) electrons. The topological polar surface area (TPSA) is 12.0 Å². The third-order valence-corrected chi connectivity index (χ3v) is 4.44. The first kappa shape index (κ1) is 15.6. The Morgan fingerprint density at radius 2 is 1.80 bits per heavy atom. The van der Waals surface area contributed by atoms with E-state index in [1.807, 2.05) is 7.05 Å². The molecule has 0 aromatic heterocycles. The summed E-state index contributed by atoms with van der Waals surface area (Å²) in [6.45, 7) is 0. The van der Waals surface area contributed by atoms with Gasteiger partial charge in [-0.15, -0.1) is 0 Å². The van der Waals surface area contributed by atoms with E-state index in [-0.39, 0.29) is 17.7 Å². The molecular weight excluding hydrogens is 392 g/mol. The molecular formula is C15H13Br2F2N. The molecule has 1 N–H and O–H groups in total. The Morgan fingerprint density at radius 3 is 2.45 bits per heavy atom. The summed E-state index contributed by atoms with van der Waals surface area (Å²) < 4.78 is 27.9. The standard InChI is InChI=1S/C15H13Br2F2N/c1-20-15(11-8-10(18)3-4-12(11)16)7-9-2-5-14(19)13(17)6-9/h2-6,8,15,20H,7H2,1H3. The molecule has 1 atom stereocenters. The second-order valence-corrected chi connectivity index (χ2v) is 6.17. The zero-order valence-corrected chi connectivity index (χ0v) is 13.9. The molecule has 0 saturated heterocycles. The van der Waals surface area contributed by atoms with Gasteiger partial charge < -0.3 is 5.32 Å². The van der Waals surface area contributed by atoms with Crippen molar-refractivity contribution in [2.24, 2.45) is 0 Å². The molecule has 1 nitrogen and oxygen atoms in total. The predicted octanol–water partition coefficient (Wildman–Crippen LogP) is 4.99. The second-order valence-electron chi connectivity index (χ2n) is 4.46. The van der Waals surface area contributed by atoms with Crippen molar-refractivity contribution >= 4 is 31.9 Å². The Kier molecular flexibility index (Phi) is 5.29. The molecule has 2 rings (SSSR count). The lowest BCUT2D eigenvalue weighted by Crippen LogP contribution is -2.19. The molecule has 106 valence electrons. The highest BCUT2D eigenvalue weighted by Gasteiger charge is 2.15. The molecule has 0 amide bonds. The summed E-state index contributed by atoms with van der Waals surface area (Å²) in [6.07, 6.45) is 0.636. The lowest BCUT2D eigenvalue weighted by atomic mass is 9.99. The van der Waals surface area contributed by atoms with Crippen molar-refractivity contribution in [2.45, 2.75) is 12.5 Å². The maximum Gasteiger partial charge on any atom is 0.137 e. The van der Waals surface area contributed by atoms with Crippen molar-refractivity contribution in [3.8, 4) is 0 Å². The van der Waals surface area contributed by atoms with Crippen molar-refractivity contribution in [1.29, 1.82) is 0 Å². The molecule has 5 heteroatoms. The number of likely N-dealkylation sites (N-methyl/N-ethyl adjacent to an activating group) is 1. The van der Waals surface area contributed by atoms with Gasteiger partial charge >= 0.3 is 0 Å². The predicted molar refractivity (Wildman–Crippen MR) is 83.7 cm³/mol. The van der Waals surface area contributed by atoms with Gasteiger partial charge in [0.05, 0.1) is 4.47 Å². The largest absolute Gasteiger partial charge is 0.313 e. The first-order chi connectivity index (χ1) is 9.51. The van der Waals surface area contributed by atoms with Gasteiger partial charge in [-0.2, -0.15) is 0 Å². The highest BCUT2D eigenvalue weighted by molar-refractivity contribution is 9.10. The zero-order chi connectivity index (χ0) is 14.7. The first-order valence-corrected chi connectivity index (χ1v) is 7.66. The summed E-state index contributed by atoms with van der Waals surface area (Å²) in [7, 11) is 1.82. The summed E-state index contributed by atoms with van der Waals surface area (Å²) in [5.74, 6) is -0.564. The van der Waals surface area contributed by atoms with Crippen LogP contribution < -0.4 is 5.32 Å². The Hall–Kier alpha value is -0.780. The molecule has 0 aliphatic heterocycles. The van der Waals surface area contributed by atoms with E-state index in [0.717, 1.165) is 15.6 Å². The fourth-order valence-corrected chi connectivity index (χ4v) is 3.00. The van der Waals surface area contributed by atoms with Crippen LogP contribution in [0.15, 0.2) is 45.3 Å². The Labute approximate surface area is 133 Å². The monoisotopic (exact) mass is 403 g/mol. The highest BCUT2D eigenvalue weighted by Crippen LogP contribution is 2.28. The minimum atomic E-state index is -0.290. The van der Waals surface area contributed by atoms with E-state index in [4.69, 9.17) is 0 Å². The van der Waals surface area contributed by atoms with Crippen LogP contribution in [-0.2, 0) is 6.42 Å². The summed E-state index contributed by atoms with van der Waals surface area (Å²) in [5, 5.41) is 3.16. The van der Waals surface area contributed by atoms with Crippen LogP contribution in [0.2, 0.25) is 0 Å². The molecule has 0 bridgehead atoms. The average Bonchev–Trinajstić information content (AvgIpc) is 2.43. The summed E-state index contributed by atoms with van der Waals surface area (Å²) in [5.41, 5.74) is 1.81. The first-order valence-electron chi connectivity index (χ1n) is 6.07. The van der Waals surface area contributed by atoms with E-state index in [1.54, 1.807) is 18.2 Å². The third-order valence-electron chi connectivity index (χ3n) is 3.11. The van der Waals surface area contributed by atoms with Gasteiger partial charge in [0.15, 0.2) is 0 Å². The molecule has 0 aliphatic carbocycles. The van der Waals surface area contributed by atoms with E-state index in [2.05, 4.69) is 37.2 Å². The van der Waals surface area contributed by atoms with Gasteiger partial charge in [-0.05, 0) is 70.9 Å². The number of hydrogen-bond acceptors (Lipinski definition) is 1. The SMILES string of the molecule is CNC(Cc1ccc(F)c(Br)c1)c1cc(F)ccc1Br. The van der Waals surface area contributed by atoms with Crippen LogP contribution in [0.25, 0.3) is 0 Å². The molecule has 2 aromatic rings. The number of hydrogen-bond donors (Lipinski definition) is 1. The lowest BCUT2D eigenvalue weighted by molar-refractivity contribution is 0.573. The molecule has 2 aromatic carbocycles. The molecule has 0 spiro atoms. The van der Waals surface area contributed by atoms with Crippen molar-refractivity contribution in [1.82, 2.24) is 5.32 Å². The fraction of sp³-hybridized carbons (Fsp3) is 0.200. The smallest absolute Gasteiger partial charge is 0.137 e. The summed E-state index contributed by atoms with van der Waals surface area (Å²) in [6, 6.07) is 9.45. The Bertz CT molecular complexity index is 617. The van der Waals surface area contributed by atoms with E-state index in [9.17, 15) is 8.78 Å². The van der Waals surface area contributed by atoms with E-state index in [1.165, 1.54) is 18.2 Å². The van der Waals surface area contributed by atoms with E-state index >= 15 is 0 Å². The molecule has 20 heavy (non-hydrogen) atoms. The van der Waals surface area contributed by atoms with E-state index < -0.39 is 0 Å². The van der Waals surface area contributed by atoms with Gasteiger partial charge in [0.25, 0.3) is 0 Å². The van der Waals surface area contributed by atoms with E-state index in [0.29, 0.717) is 10.9 Å². The normalized spacial score (nSPS) is 12.4. The van der Waals surface area contributed by atoms with Gasteiger partial charge in [-0.1, -0.05) is 22.0 Å². The van der Waals surface area contributed by atoms with Crippen molar-refractivity contribution in [3.63, 3.8) is 0 Å². The van der Waals surface area contributed by atoms with Crippen LogP contribution >= 0.6 is 31.9 Å². The molecule has 0 saturated carbocycles. The number of nitrogens with one attached hydrogen (secondary N) is 1. The average molecular weight is 405 g/mol. The van der Waals surface area contributed by atoms with Crippen LogP contribution in [0, 0.1) is 11.6 Å². The van der Waals surface area contributed by atoms with Gasteiger partial charge in [0.1, 0.15) is 11.6 Å². The maximum atomic E-state index is 13.4. The summed E-state index contributed by atoms with van der Waals surface area (Å²) >= 11 is 6.61.